The molecule has 0 amide bonds. The van der Waals surface area contributed by atoms with Gasteiger partial charge in [0, 0.05) is 22.6 Å². The molecule has 1 aromatic heterocycles. The third kappa shape index (κ3) is 2.99. The molecule has 1 aliphatic carbocycles. The first-order valence-corrected chi connectivity index (χ1v) is 10.2. The summed E-state index contributed by atoms with van der Waals surface area (Å²) >= 11 is 0. The van der Waals surface area contributed by atoms with E-state index in [0.717, 1.165) is 18.4 Å². The third-order valence-electron chi connectivity index (χ3n) is 5.09. The predicted octanol–water partition coefficient (Wildman–Crippen LogP) is 3.32. The van der Waals surface area contributed by atoms with Gasteiger partial charge in [-0.25, -0.2) is 13.1 Å². The number of sulfonamides is 1. The van der Waals surface area contributed by atoms with Crippen LogP contribution in [0, 0.1) is 6.92 Å². The van der Waals surface area contributed by atoms with Crippen LogP contribution in [0.2, 0.25) is 0 Å². The second-order valence-corrected chi connectivity index (χ2v) is 8.50. The molecular formula is C20H22N2O3S. The number of H-pyrrole nitrogens is 1. The zero-order valence-corrected chi connectivity index (χ0v) is 15.7. The summed E-state index contributed by atoms with van der Waals surface area (Å²) in [5, 5.41) is 1.19. The average Bonchev–Trinajstić information content (AvgIpc) is 2.99. The SMILES string of the molecule is COc1ccc(S(=O)(=O)NC2CCc3[nH]c4ccccc4c3C2)c(C)c1. The van der Waals surface area contributed by atoms with Gasteiger partial charge < -0.3 is 9.72 Å². The molecule has 4 rings (SSSR count). The summed E-state index contributed by atoms with van der Waals surface area (Å²) in [7, 11) is -2.00. The van der Waals surface area contributed by atoms with Crippen LogP contribution in [0.25, 0.3) is 10.9 Å². The molecule has 0 spiro atoms. The largest absolute Gasteiger partial charge is 0.497 e. The lowest BCUT2D eigenvalue weighted by Gasteiger charge is -2.24. The minimum atomic E-state index is -3.57. The Morgan fingerprint density at radius 2 is 2.00 bits per heavy atom. The van der Waals surface area contributed by atoms with Gasteiger partial charge in [0.25, 0.3) is 0 Å². The van der Waals surface area contributed by atoms with Crippen LogP contribution in [-0.2, 0) is 22.9 Å². The van der Waals surface area contributed by atoms with Crippen LogP contribution < -0.4 is 9.46 Å². The molecule has 136 valence electrons. The van der Waals surface area contributed by atoms with Crippen LogP contribution in [0.3, 0.4) is 0 Å². The maximum absolute atomic E-state index is 12.9. The van der Waals surface area contributed by atoms with Crippen LogP contribution in [0.5, 0.6) is 5.75 Å². The molecule has 5 nitrogen and oxygen atoms in total. The van der Waals surface area contributed by atoms with E-state index in [1.54, 1.807) is 32.2 Å². The van der Waals surface area contributed by atoms with Crippen LogP contribution in [0.15, 0.2) is 47.4 Å². The van der Waals surface area contributed by atoms with Gasteiger partial charge in [0.05, 0.1) is 12.0 Å². The van der Waals surface area contributed by atoms with Gasteiger partial charge in [-0.3, -0.25) is 0 Å². The van der Waals surface area contributed by atoms with Gasteiger partial charge in [-0.15, -0.1) is 0 Å². The smallest absolute Gasteiger partial charge is 0.241 e. The van der Waals surface area contributed by atoms with E-state index in [2.05, 4.69) is 21.8 Å². The summed E-state index contributed by atoms with van der Waals surface area (Å²) in [6, 6.07) is 13.1. The van der Waals surface area contributed by atoms with Crippen LogP contribution >= 0.6 is 0 Å². The van der Waals surface area contributed by atoms with Gasteiger partial charge in [0.2, 0.25) is 10.0 Å². The van der Waals surface area contributed by atoms with E-state index in [0.29, 0.717) is 22.6 Å². The normalized spacial score (nSPS) is 17.2. The number of rotatable bonds is 4. The molecule has 0 aliphatic heterocycles. The number of para-hydroxylation sites is 1. The van der Waals surface area contributed by atoms with Gasteiger partial charge in [-0.05, 0) is 61.6 Å². The number of hydrogen-bond acceptors (Lipinski definition) is 3. The maximum Gasteiger partial charge on any atom is 0.241 e. The van der Waals surface area contributed by atoms with Gasteiger partial charge >= 0.3 is 0 Å². The van der Waals surface area contributed by atoms with Crippen molar-refractivity contribution in [3.8, 4) is 5.75 Å². The summed E-state index contributed by atoms with van der Waals surface area (Å²) < 4.78 is 33.8. The lowest BCUT2D eigenvalue weighted by molar-refractivity contribution is 0.414. The molecule has 2 aromatic carbocycles. The van der Waals surface area contributed by atoms with Crippen LogP contribution in [0.1, 0.15) is 23.2 Å². The number of aryl methyl sites for hydroxylation is 2. The van der Waals surface area contributed by atoms with Crippen molar-refractivity contribution in [3.05, 3.63) is 59.3 Å². The molecular weight excluding hydrogens is 348 g/mol. The van der Waals surface area contributed by atoms with E-state index in [1.165, 1.54) is 16.6 Å². The summed E-state index contributed by atoms with van der Waals surface area (Å²) in [6.07, 6.45) is 2.33. The Labute approximate surface area is 153 Å². The standard InChI is InChI=1S/C20H22N2O3S/c1-13-11-15(25-2)8-10-20(13)26(23,24)22-14-7-9-19-17(12-14)16-5-3-4-6-18(16)21-19/h3-6,8,10-11,14,21-22H,7,9,12H2,1-2H3. The van der Waals surface area contributed by atoms with E-state index in [-0.39, 0.29) is 6.04 Å². The number of fused-ring (bicyclic) bond motifs is 3. The van der Waals surface area contributed by atoms with Crippen molar-refractivity contribution in [2.24, 2.45) is 0 Å². The Bertz CT molecular complexity index is 1070. The molecule has 1 atom stereocenters. The Hall–Kier alpha value is -2.31. The second kappa shape index (κ2) is 6.45. The number of hydrogen-bond donors (Lipinski definition) is 2. The first-order valence-electron chi connectivity index (χ1n) is 8.73. The van der Waals surface area contributed by atoms with Gasteiger partial charge in [0.15, 0.2) is 0 Å². The van der Waals surface area contributed by atoms with E-state index in [4.69, 9.17) is 4.74 Å². The molecule has 0 radical (unpaired) electrons. The molecule has 1 heterocycles. The number of nitrogens with one attached hydrogen (secondary N) is 2. The van der Waals surface area contributed by atoms with Gasteiger partial charge in [-0.1, -0.05) is 18.2 Å². The number of ether oxygens (including phenoxy) is 1. The molecule has 3 aromatic rings. The Balaban J connectivity index is 1.60. The third-order valence-corrected chi connectivity index (χ3v) is 6.77. The van der Waals surface area contributed by atoms with Crippen molar-refractivity contribution in [2.45, 2.75) is 37.1 Å². The summed E-state index contributed by atoms with van der Waals surface area (Å²) in [5.41, 5.74) is 4.25. The molecule has 0 fully saturated rings. The van der Waals surface area contributed by atoms with E-state index in [1.807, 2.05) is 12.1 Å². The molecule has 0 bridgehead atoms. The molecule has 6 heteroatoms. The lowest BCUT2D eigenvalue weighted by atomic mass is 9.92. The van der Waals surface area contributed by atoms with Crippen LogP contribution in [-0.4, -0.2) is 26.6 Å². The number of methoxy groups -OCH3 is 1. The average molecular weight is 370 g/mol. The molecule has 1 unspecified atom stereocenters. The first-order chi connectivity index (χ1) is 12.5. The van der Waals surface area contributed by atoms with E-state index >= 15 is 0 Å². The summed E-state index contributed by atoms with van der Waals surface area (Å²) in [4.78, 5) is 3.77. The molecule has 0 saturated carbocycles. The zero-order chi connectivity index (χ0) is 18.3. The molecule has 0 saturated heterocycles. The van der Waals surface area contributed by atoms with E-state index in [9.17, 15) is 8.42 Å². The molecule has 1 aliphatic rings. The quantitative estimate of drug-likeness (QED) is 0.740. The maximum atomic E-state index is 12.9. The molecule has 26 heavy (non-hydrogen) atoms. The summed E-state index contributed by atoms with van der Waals surface area (Å²) in [5.74, 6) is 0.655. The number of aromatic nitrogens is 1. The molecule has 2 N–H and O–H groups in total. The predicted molar refractivity (Wildman–Crippen MR) is 102 cm³/mol. The monoisotopic (exact) mass is 370 g/mol. The summed E-state index contributed by atoms with van der Waals surface area (Å²) in [6.45, 7) is 1.79. The minimum Gasteiger partial charge on any atom is -0.497 e. The fourth-order valence-corrected chi connectivity index (χ4v) is 5.30. The second-order valence-electron chi connectivity index (χ2n) is 6.82. The van der Waals surface area contributed by atoms with Crippen molar-refractivity contribution >= 4 is 20.9 Å². The van der Waals surface area contributed by atoms with Crippen molar-refractivity contribution < 1.29 is 13.2 Å². The lowest BCUT2D eigenvalue weighted by Crippen LogP contribution is -2.38. The van der Waals surface area contributed by atoms with Crippen molar-refractivity contribution in [3.63, 3.8) is 0 Å². The highest BCUT2D eigenvalue weighted by Gasteiger charge is 2.27. The highest BCUT2D eigenvalue weighted by Crippen LogP contribution is 2.30. The number of aromatic amines is 1. The topological polar surface area (TPSA) is 71.2 Å². The fourth-order valence-electron chi connectivity index (χ4n) is 3.80. The van der Waals surface area contributed by atoms with Gasteiger partial charge in [-0.2, -0.15) is 0 Å². The first kappa shape index (κ1) is 17.1. The van der Waals surface area contributed by atoms with E-state index < -0.39 is 10.0 Å². The van der Waals surface area contributed by atoms with Crippen molar-refractivity contribution in [1.82, 2.24) is 9.71 Å². The van der Waals surface area contributed by atoms with Crippen LogP contribution in [0.4, 0.5) is 0 Å². The highest BCUT2D eigenvalue weighted by molar-refractivity contribution is 7.89. The fraction of sp³-hybridized carbons (Fsp3) is 0.300. The van der Waals surface area contributed by atoms with Crippen molar-refractivity contribution in [1.29, 1.82) is 0 Å². The zero-order valence-electron chi connectivity index (χ0n) is 14.9. The Morgan fingerprint density at radius 3 is 2.77 bits per heavy atom. The number of benzene rings is 2. The Kier molecular flexibility index (Phi) is 4.25. The highest BCUT2D eigenvalue weighted by atomic mass is 32.2. The van der Waals surface area contributed by atoms with Crippen molar-refractivity contribution in [2.75, 3.05) is 7.11 Å². The minimum absolute atomic E-state index is 0.104. The van der Waals surface area contributed by atoms with Gasteiger partial charge in [0.1, 0.15) is 5.75 Å². The Morgan fingerprint density at radius 1 is 1.19 bits per heavy atom.